The van der Waals surface area contributed by atoms with E-state index in [4.69, 9.17) is 14.5 Å². The molecule has 7 nitrogen and oxygen atoms in total. The molecular weight excluding hydrogens is 536 g/mol. The van der Waals surface area contributed by atoms with E-state index in [1.807, 2.05) is 12.1 Å². The van der Waals surface area contributed by atoms with Crippen molar-refractivity contribution in [3.63, 3.8) is 0 Å². The first-order valence-corrected chi connectivity index (χ1v) is 15.9. The topological polar surface area (TPSA) is 80.8 Å². The fourth-order valence-electron chi connectivity index (χ4n) is 8.54. The Morgan fingerprint density at radius 2 is 1.88 bits per heavy atom. The largest absolute Gasteiger partial charge is 0.469 e. The molecule has 6 aliphatic rings. The number of ether oxygens (including phenoxy) is 2. The summed E-state index contributed by atoms with van der Waals surface area (Å²) >= 11 is 1.72. The number of hydrogen-bond donors (Lipinski definition) is 1. The highest BCUT2D eigenvalue weighted by molar-refractivity contribution is 7.99. The number of amides is 1. The minimum absolute atomic E-state index is 0.0105. The standard InChI is InChI=1S/C30H41F2N3O4S/c1-38-25(36)13-18-5-4-10-35(17-18)24-9-8-23(28(33-24)40-22-6-2-3-7-22)27(37)34-26-20-11-19-12-21(26)16-30(14-19,15-20)39-29(31)32/h8-9,18-22,26,29H,2-7,10-17H2,1H3,(H,34,37)/t18-,19?,20+,21+,26?,30?/m0/s1. The molecule has 1 N–H and O–H groups in total. The molecule has 3 atom stereocenters. The van der Waals surface area contributed by atoms with Gasteiger partial charge < -0.3 is 19.7 Å². The number of hydrogen-bond acceptors (Lipinski definition) is 7. The second kappa shape index (κ2) is 11.7. The molecule has 2 heterocycles. The monoisotopic (exact) mass is 577 g/mol. The average molecular weight is 578 g/mol. The molecule has 4 bridgehead atoms. The Kier molecular flexibility index (Phi) is 8.28. The van der Waals surface area contributed by atoms with Gasteiger partial charge >= 0.3 is 12.6 Å². The van der Waals surface area contributed by atoms with E-state index in [0.29, 0.717) is 36.0 Å². The predicted octanol–water partition coefficient (Wildman–Crippen LogP) is 5.81. The van der Waals surface area contributed by atoms with Crippen LogP contribution in [0.5, 0.6) is 0 Å². The van der Waals surface area contributed by atoms with E-state index in [9.17, 15) is 18.4 Å². The highest BCUT2D eigenvalue weighted by atomic mass is 32.2. The second-order valence-corrected chi connectivity index (χ2v) is 14.1. The summed E-state index contributed by atoms with van der Waals surface area (Å²) in [7, 11) is 1.43. The summed E-state index contributed by atoms with van der Waals surface area (Å²) in [6, 6.07) is 3.84. The molecule has 0 radical (unpaired) electrons. The number of anilines is 1. The number of halogens is 2. The molecule has 40 heavy (non-hydrogen) atoms. The van der Waals surface area contributed by atoms with Crippen LogP contribution < -0.4 is 10.2 Å². The van der Waals surface area contributed by atoms with Crippen LogP contribution in [0.3, 0.4) is 0 Å². The average Bonchev–Trinajstić information content (AvgIpc) is 3.42. The SMILES string of the molecule is COC(=O)C[C@@H]1CCCN(c2ccc(C(=O)NC3[C@@H]4CC5C[C@@H]3CC(OC(F)F)(C5)C4)c(SC3CCCC3)n2)C1. The van der Waals surface area contributed by atoms with E-state index in [1.54, 1.807) is 11.8 Å². The third kappa shape index (κ3) is 5.98. The van der Waals surface area contributed by atoms with Crippen LogP contribution in [0.25, 0.3) is 0 Å². The van der Waals surface area contributed by atoms with Crippen molar-refractivity contribution in [2.24, 2.45) is 23.7 Å². The van der Waals surface area contributed by atoms with Gasteiger partial charge in [-0.05, 0) is 93.6 Å². The molecule has 0 spiro atoms. The van der Waals surface area contributed by atoms with Crippen molar-refractivity contribution < 1.29 is 27.8 Å². The van der Waals surface area contributed by atoms with Crippen LogP contribution in [0.15, 0.2) is 17.2 Å². The second-order valence-electron chi connectivity index (χ2n) is 12.8. The fraction of sp³-hybridized carbons (Fsp3) is 0.767. The maximum atomic E-state index is 13.8. The minimum atomic E-state index is -2.75. The molecule has 6 fully saturated rings. The normalized spacial score (nSPS) is 33.5. The molecule has 1 aromatic heterocycles. The Balaban J connectivity index is 1.19. The quantitative estimate of drug-likeness (QED) is 0.371. The number of nitrogens with one attached hydrogen (secondary N) is 1. The zero-order chi connectivity index (χ0) is 27.9. The van der Waals surface area contributed by atoms with E-state index in [1.165, 1.54) is 20.0 Å². The summed E-state index contributed by atoms with van der Waals surface area (Å²) in [5.41, 5.74) is -0.116. The molecule has 1 saturated heterocycles. The van der Waals surface area contributed by atoms with Gasteiger partial charge in [-0.25, -0.2) is 4.98 Å². The summed E-state index contributed by atoms with van der Waals surface area (Å²) in [6.07, 6.45) is 10.9. The van der Waals surface area contributed by atoms with Crippen LogP contribution in [-0.4, -0.2) is 60.6 Å². The molecule has 0 aromatic carbocycles. The van der Waals surface area contributed by atoms with Crippen LogP contribution in [0.2, 0.25) is 0 Å². The number of carbonyl (C=O) groups excluding carboxylic acids is 2. The van der Waals surface area contributed by atoms with Gasteiger partial charge in [0, 0.05) is 30.8 Å². The first-order valence-electron chi connectivity index (χ1n) is 15.1. The molecular formula is C30H41F2N3O4S. The van der Waals surface area contributed by atoms with Crippen molar-refractivity contribution in [2.45, 2.75) is 106 Å². The highest BCUT2D eigenvalue weighted by Crippen LogP contribution is 2.57. The summed E-state index contributed by atoms with van der Waals surface area (Å²) in [6.45, 7) is -1.13. The van der Waals surface area contributed by atoms with Crippen LogP contribution in [0.4, 0.5) is 14.6 Å². The Morgan fingerprint density at radius 1 is 1.12 bits per heavy atom. The summed E-state index contributed by atoms with van der Waals surface area (Å²) in [4.78, 5) is 33.0. The lowest BCUT2D eigenvalue weighted by Gasteiger charge is -2.59. The number of thioether (sulfide) groups is 1. The van der Waals surface area contributed by atoms with E-state index < -0.39 is 12.2 Å². The molecule has 1 aliphatic heterocycles. The lowest BCUT2D eigenvalue weighted by molar-refractivity contribution is -0.260. The maximum Gasteiger partial charge on any atom is 0.345 e. The molecule has 1 amide bonds. The van der Waals surface area contributed by atoms with Gasteiger partial charge in [0.1, 0.15) is 10.8 Å². The number of carbonyl (C=O) groups is 2. The summed E-state index contributed by atoms with van der Waals surface area (Å²) in [5.74, 6) is 1.55. The molecule has 1 aromatic rings. The van der Waals surface area contributed by atoms with Gasteiger partial charge in [0.25, 0.3) is 5.91 Å². The Hall–Kier alpha value is -1.94. The fourth-order valence-corrected chi connectivity index (χ4v) is 9.86. The lowest BCUT2D eigenvalue weighted by Crippen LogP contribution is -2.62. The third-order valence-corrected chi connectivity index (χ3v) is 11.4. The van der Waals surface area contributed by atoms with Gasteiger partial charge in [0.15, 0.2) is 0 Å². The van der Waals surface area contributed by atoms with E-state index in [2.05, 4.69) is 10.2 Å². The maximum absolute atomic E-state index is 13.8. The molecule has 7 rings (SSSR count). The number of piperidine rings is 1. The Labute approximate surface area is 239 Å². The minimum Gasteiger partial charge on any atom is -0.469 e. The zero-order valence-electron chi connectivity index (χ0n) is 23.3. The molecule has 220 valence electrons. The van der Waals surface area contributed by atoms with Crippen molar-refractivity contribution in [3.8, 4) is 0 Å². The first kappa shape index (κ1) is 28.2. The van der Waals surface area contributed by atoms with Crippen molar-refractivity contribution in [1.82, 2.24) is 10.3 Å². The van der Waals surface area contributed by atoms with Crippen molar-refractivity contribution in [1.29, 1.82) is 0 Å². The number of pyridine rings is 1. The van der Waals surface area contributed by atoms with Crippen LogP contribution in [0.1, 0.15) is 87.4 Å². The number of nitrogens with zero attached hydrogens (tertiary/aromatic N) is 2. The third-order valence-electron chi connectivity index (χ3n) is 10.1. The Morgan fingerprint density at radius 3 is 2.58 bits per heavy atom. The highest BCUT2D eigenvalue weighted by Gasteiger charge is 2.57. The Bertz CT molecular complexity index is 1080. The van der Waals surface area contributed by atoms with Crippen molar-refractivity contribution in [3.05, 3.63) is 17.7 Å². The number of aromatic nitrogens is 1. The number of methoxy groups -OCH3 is 1. The van der Waals surface area contributed by atoms with Gasteiger partial charge in [-0.15, -0.1) is 11.8 Å². The van der Waals surface area contributed by atoms with Crippen molar-refractivity contribution >= 4 is 29.5 Å². The number of esters is 1. The van der Waals surface area contributed by atoms with Gasteiger partial charge in [-0.1, -0.05) is 12.8 Å². The smallest absolute Gasteiger partial charge is 0.345 e. The molecule has 0 unspecified atom stereocenters. The van der Waals surface area contributed by atoms with E-state index in [0.717, 1.165) is 68.9 Å². The predicted molar refractivity (Wildman–Crippen MR) is 149 cm³/mol. The van der Waals surface area contributed by atoms with Crippen LogP contribution >= 0.6 is 11.8 Å². The van der Waals surface area contributed by atoms with Crippen LogP contribution in [-0.2, 0) is 14.3 Å². The number of alkyl halides is 2. The van der Waals surface area contributed by atoms with E-state index in [-0.39, 0.29) is 35.7 Å². The molecule has 10 heteroatoms. The van der Waals surface area contributed by atoms with Crippen molar-refractivity contribution in [2.75, 3.05) is 25.1 Å². The summed E-state index contributed by atoms with van der Waals surface area (Å²) in [5, 5.41) is 4.58. The van der Waals surface area contributed by atoms with Gasteiger partial charge in [-0.2, -0.15) is 8.78 Å². The summed E-state index contributed by atoms with van der Waals surface area (Å²) < 4.78 is 36.5. The molecule has 5 aliphatic carbocycles. The van der Waals surface area contributed by atoms with Gasteiger partial charge in [0.2, 0.25) is 0 Å². The van der Waals surface area contributed by atoms with E-state index >= 15 is 0 Å². The number of rotatable bonds is 9. The first-order chi connectivity index (χ1) is 19.3. The zero-order valence-corrected chi connectivity index (χ0v) is 24.1. The van der Waals surface area contributed by atoms with Gasteiger partial charge in [0.05, 0.1) is 18.3 Å². The van der Waals surface area contributed by atoms with Gasteiger partial charge in [-0.3, -0.25) is 9.59 Å². The van der Waals surface area contributed by atoms with Crippen LogP contribution in [0, 0.1) is 23.7 Å². The lowest BCUT2D eigenvalue weighted by atomic mass is 9.52. The molecule has 5 saturated carbocycles.